The molecule has 1 unspecified atom stereocenters. The van der Waals surface area contributed by atoms with Crippen LogP contribution in [0.5, 0.6) is 11.5 Å². The van der Waals surface area contributed by atoms with E-state index >= 15 is 0 Å². The summed E-state index contributed by atoms with van der Waals surface area (Å²) in [7, 11) is 0. The van der Waals surface area contributed by atoms with Crippen LogP contribution in [0.2, 0.25) is 0 Å². The Morgan fingerprint density at radius 2 is 2.12 bits per heavy atom. The van der Waals surface area contributed by atoms with Crippen LogP contribution in [0.4, 0.5) is 0 Å². The zero-order valence-electron chi connectivity index (χ0n) is 8.93. The van der Waals surface area contributed by atoms with Gasteiger partial charge in [-0.2, -0.15) is 0 Å². The van der Waals surface area contributed by atoms with E-state index in [4.69, 9.17) is 5.11 Å². The maximum Gasteiger partial charge on any atom is 0.251 e. The summed E-state index contributed by atoms with van der Waals surface area (Å²) in [6.45, 7) is 0.411. The molecule has 1 saturated heterocycles. The van der Waals surface area contributed by atoms with Crippen molar-refractivity contribution >= 4 is 11.8 Å². The summed E-state index contributed by atoms with van der Waals surface area (Å²) in [5, 5.41) is 23.6. The van der Waals surface area contributed by atoms with E-state index < -0.39 is 0 Å². The molecule has 1 aliphatic heterocycles. The van der Waals surface area contributed by atoms with Crippen LogP contribution in [0.25, 0.3) is 0 Å². The van der Waals surface area contributed by atoms with Crippen LogP contribution in [-0.2, 0) is 4.79 Å². The summed E-state index contributed by atoms with van der Waals surface area (Å²) in [6.07, 6.45) is 0.260. The summed E-state index contributed by atoms with van der Waals surface area (Å²) >= 11 is 0. The molecule has 0 bridgehead atoms. The summed E-state index contributed by atoms with van der Waals surface area (Å²) < 4.78 is 0. The number of amides is 2. The monoisotopic (exact) mass is 236 g/mol. The molecule has 0 saturated carbocycles. The summed E-state index contributed by atoms with van der Waals surface area (Å²) in [5.74, 6) is -1.11. The number of hydrogen-bond acceptors (Lipinski definition) is 4. The number of rotatable bonds is 2. The Balaban J connectivity index is 2.04. The molecule has 2 rings (SSSR count). The standard InChI is InChI=1S/C11H12N2O4/c14-8-2-1-6(3-9(8)15)11(17)13-7-4-10(16)12-5-7/h1-3,7,14-15H,4-5H2,(H,12,16)(H,13,17). The quantitative estimate of drug-likeness (QED) is 0.530. The maximum absolute atomic E-state index is 11.7. The first-order chi connectivity index (χ1) is 8.06. The lowest BCUT2D eigenvalue weighted by Gasteiger charge is -2.10. The average molecular weight is 236 g/mol. The molecule has 0 aliphatic carbocycles. The molecule has 1 aliphatic rings. The zero-order chi connectivity index (χ0) is 12.4. The first kappa shape index (κ1) is 11.3. The minimum Gasteiger partial charge on any atom is -0.504 e. The summed E-state index contributed by atoms with van der Waals surface area (Å²) in [4.78, 5) is 22.7. The topological polar surface area (TPSA) is 98.7 Å². The number of hydrogen-bond donors (Lipinski definition) is 4. The highest BCUT2D eigenvalue weighted by molar-refractivity contribution is 5.95. The Morgan fingerprint density at radius 3 is 2.71 bits per heavy atom. The molecule has 4 N–H and O–H groups in total. The van der Waals surface area contributed by atoms with Crippen molar-refractivity contribution in [2.75, 3.05) is 6.54 Å². The zero-order valence-corrected chi connectivity index (χ0v) is 8.93. The van der Waals surface area contributed by atoms with E-state index in [0.29, 0.717) is 6.54 Å². The molecule has 0 aromatic heterocycles. The van der Waals surface area contributed by atoms with E-state index in [0.717, 1.165) is 0 Å². The lowest BCUT2D eigenvalue weighted by molar-refractivity contribution is -0.119. The molecule has 1 fully saturated rings. The Bertz CT molecular complexity index is 473. The second-order valence-electron chi connectivity index (χ2n) is 3.88. The Hall–Kier alpha value is -2.24. The van der Waals surface area contributed by atoms with Crippen LogP contribution in [0.3, 0.4) is 0 Å². The molecule has 0 radical (unpaired) electrons. The number of phenols is 2. The average Bonchev–Trinajstić information content (AvgIpc) is 2.68. The number of aromatic hydroxyl groups is 2. The number of carbonyl (C=O) groups excluding carboxylic acids is 2. The van der Waals surface area contributed by atoms with Gasteiger partial charge in [0.2, 0.25) is 5.91 Å². The normalized spacial score (nSPS) is 18.8. The van der Waals surface area contributed by atoms with Crippen molar-refractivity contribution in [3.05, 3.63) is 23.8 Å². The van der Waals surface area contributed by atoms with Crippen LogP contribution in [0.1, 0.15) is 16.8 Å². The molecule has 6 nitrogen and oxygen atoms in total. The van der Waals surface area contributed by atoms with Crippen LogP contribution in [-0.4, -0.2) is 34.6 Å². The van der Waals surface area contributed by atoms with Crippen molar-refractivity contribution < 1.29 is 19.8 Å². The molecule has 90 valence electrons. The molecular formula is C11H12N2O4. The molecule has 2 amide bonds. The van der Waals surface area contributed by atoms with Crippen LogP contribution < -0.4 is 10.6 Å². The predicted octanol–water partition coefficient (Wildman–Crippen LogP) is -0.284. The first-order valence-corrected chi connectivity index (χ1v) is 5.16. The fraction of sp³-hybridized carbons (Fsp3) is 0.273. The van der Waals surface area contributed by atoms with E-state index in [1.165, 1.54) is 18.2 Å². The van der Waals surface area contributed by atoms with E-state index in [1.807, 2.05) is 0 Å². The third-order valence-electron chi connectivity index (χ3n) is 2.55. The van der Waals surface area contributed by atoms with Crippen molar-refractivity contribution in [2.45, 2.75) is 12.5 Å². The minimum absolute atomic E-state index is 0.0937. The summed E-state index contributed by atoms with van der Waals surface area (Å²) in [6, 6.07) is 3.58. The third kappa shape index (κ3) is 2.47. The van der Waals surface area contributed by atoms with Gasteiger partial charge in [-0.3, -0.25) is 9.59 Å². The smallest absolute Gasteiger partial charge is 0.251 e. The third-order valence-corrected chi connectivity index (χ3v) is 2.55. The highest BCUT2D eigenvalue weighted by atomic mass is 16.3. The van der Waals surface area contributed by atoms with Crippen LogP contribution >= 0.6 is 0 Å². The molecule has 1 heterocycles. The van der Waals surface area contributed by atoms with Gasteiger partial charge in [0.1, 0.15) is 0 Å². The SMILES string of the molecule is O=C1CC(NC(=O)c2ccc(O)c(O)c2)CN1. The largest absolute Gasteiger partial charge is 0.504 e. The second-order valence-corrected chi connectivity index (χ2v) is 3.88. The minimum atomic E-state index is -0.387. The summed E-state index contributed by atoms with van der Waals surface area (Å²) in [5.41, 5.74) is 0.236. The molecule has 1 atom stereocenters. The van der Waals surface area contributed by atoms with Crippen molar-refractivity contribution in [1.82, 2.24) is 10.6 Å². The van der Waals surface area contributed by atoms with Crippen molar-refractivity contribution in [3.63, 3.8) is 0 Å². The highest BCUT2D eigenvalue weighted by Gasteiger charge is 2.23. The van der Waals surface area contributed by atoms with Gasteiger partial charge in [-0.15, -0.1) is 0 Å². The predicted molar refractivity (Wildman–Crippen MR) is 58.7 cm³/mol. The molecular weight excluding hydrogens is 224 g/mol. The van der Waals surface area contributed by atoms with Gasteiger partial charge in [-0.05, 0) is 18.2 Å². The van der Waals surface area contributed by atoms with Gasteiger partial charge in [-0.25, -0.2) is 0 Å². The second kappa shape index (κ2) is 4.32. The number of nitrogens with one attached hydrogen (secondary N) is 2. The van der Waals surface area contributed by atoms with Crippen LogP contribution in [0.15, 0.2) is 18.2 Å². The number of carbonyl (C=O) groups is 2. The van der Waals surface area contributed by atoms with E-state index in [2.05, 4.69) is 10.6 Å². The molecule has 0 spiro atoms. The lowest BCUT2D eigenvalue weighted by atomic mass is 10.1. The van der Waals surface area contributed by atoms with Gasteiger partial charge in [0, 0.05) is 18.5 Å². The molecule has 6 heteroatoms. The number of benzene rings is 1. The van der Waals surface area contributed by atoms with E-state index in [9.17, 15) is 14.7 Å². The van der Waals surface area contributed by atoms with Gasteiger partial charge in [0.25, 0.3) is 5.91 Å². The maximum atomic E-state index is 11.7. The fourth-order valence-corrected chi connectivity index (χ4v) is 1.64. The Labute approximate surface area is 97.3 Å². The van der Waals surface area contributed by atoms with Gasteiger partial charge in [0.05, 0.1) is 6.04 Å². The van der Waals surface area contributed by atoms with Crippen LogP contribution in [0, 0.1) is 0 Å². The number of phenolic OH excluding ortho intramolecular Hbond substituents is 2. The van der Waals surface area contributed by atoms with E-state index in [1.54, 1.807) is 0 Å². The molecule has 17 heavy (non-hydrogen) atoms. The van der Waals surface area contributed by atoms with Gasteiger partial charge in [-0.1, -0.05) is 0 Å². The molecule has 1 aromatic carbocycles. The van der Waals surface area contributed by atoms with Gasteiger partial charge < -0.3 is 20.8 Å². The van der Waals surface area contributed by atoms with Crippen molar-refractivity contribution in [2.24, 2.45) is 0 Å². The van der Waals surface area contributed by atoms with Crippen molar-refractivity contribution in [1.29, 1.82) is 0 Å². The fourth-order valence-electron chi connectivity index (χ4n) is 1.64. The Morgan fingerprint density at radius 1 is 1.35 bits per heavy atom. The van der Waals surface area contributed by atoms with Gasteiger partial charge >= 0.3 is 0 Å². The lowest BCUT2D eigenvalue weighted by Crippen LogP contribution is -2.36. The molecule has 1 aromatic rings. The van der Waals surface area contributed by atoms with Crippen molar-refractivity contribution in [3.8, 4) is 11.5 Å². The van der Waals surface area contributed by atoms with Gasteiger partial charge in [0.15, 0.2) is 11.5 Å². The van der Waals surface area contributed by atoms with E-state index in [-0.39, 0.29) is 41.3 Å². The Kier molecular flexibility index (Phi) is 2.86. The highest BCUT2D eigenvalue weighted by Crippen LogP contribution is 2.24. The first-order valence-electron chi connectivity index (χ1n) is 5.16.